The van der Waals surface area contributed by atoms with Crippen LogP contribution >= 0.6 is 0 Å². The summed E-state index contributed by atoms with van der Waals surface area (Å²) in [5.41, 5.74) is -0.292. The molecule has 10 heteroatoms. The molecule has 1 aromatic heterocycles. The zero-order valence-electron chi connectivity index (χ0n) is 17.7. The molecular weight excluding hydrogens is 437 g/mol. The molecule has 0 spiro atoms. The molecule has 2 N–H and O–H groups in total. The molecule has 1 heterocycles. The minimum Gasteiger partial charge on any atom is -0.419 e. The van der Waals surface area contributed by atoms with Crippen LogP contribution in [0.5, 0.6) is 0 Å². The number of ketones is 1. The van der Waals surface area contributed by atoms with E-state index in [1.54, 1.807) is 31.2 Å². The van der Waals surface area contributed by atoms with Crippen molar-refractivity contribution in [2.45, 2.75) is 38.9 Å². The number of aryl methyl sites for hydroxylation is 1. The number of carbonyl (C=O) groups excluding carboxylic acids is 2. The maximum Gasteiger partial charge on any atom is 0.418 e. The van der Waals surface area contributed by atoms with Crippen LogP contribution in [-0.4, -0.2) is 21.9 Å². The topological polar surface area (TPSA) is 97.1 Å². The lowest BCUT2D eigenvalue weighted by Gasteiger charge is -2.15. The lowest BCUT2D eigenvalue weighted by atomic mass is 9.98. The van der Waals surface area contributed by atoms with Crippen molar-refractivity contribution in [2.75, 3.05) is 5.32 Å². The van der Waals surface area contributed by atoms with Gasteiger partial charge in [0.05, 0.1) is 16.7 Å². The highest BCUT2D eigenvalue weighted by atomic mass is 19.4. The maximum absolute atomic E-state index is 13.2. The standard InChI is InChI=1S/C23H21F3N4O3/c1-14-29-30-20(33-14)19(31)12-22(10-11-22)21(32)27-13-15-6-8-16(9-7-15)28-18-5-3-2-4-17(18)23(24,25)26/h2-9,28H,10-13H2,1H3,(H,27,32). The quantitative estimate of drug-likeness (QED) is 0.470. The SMILES string of the molecule is Cc1nnc(C(=O)CC2(C(=O)NCc3ccc(Nc4ccccc4C(F)(F)F)cc3)CC2)o1. The number of para-hydroxylation sites is 1. The summed E-state index contributed by atoms with van der Waals surface area (Å²) in [6.07, 6.45) is -3.27. The molecule has 0 atom stereocenters. The second kappa shape index (κ2) is 8.68. The Bertz CT molecular complexity index is 1170. The number of nitrogens with one attached hydrogen (secondary N) is 2. The number of aromatic nitrogens is 2. The van der Waals surface area contributed by atoms with Crippen LogP contribution in [0.3, 0.4) is 0 Å². The lowest BCUT2D eigenvalue weighted by molar-refractivity contribution is -0.137. The Balaban J connectivity index is 1.34. The Kier molecular flexibility index (Phi) is 5.92. The van der Waals surface area contributed by atoms with E-state index in [0.29, 0.717) is 18.5 Å². The van der Waals surface area contributed by atoms with Gasteiger partial charge in [-0.1, -0.05) is 24.3 Å². The fraction of sp³-hybridized carbons (Fsp3) is 0.304. The molecule has 172 valence electrons. The first kappa shape index (κ1) is 22.5. The number of benzene rings is 2. The van der Waals surface area contributed by atoms with Crippen molar-refractivity contribution in [3.05, 3.63) is 71.4 Å². The molecule has 0 aliphatic heterocycles. The third-order valence-corrected chi connectivity index (χ3v) is 5.52. The number of Topliss-reactive ketones (excluding diaryl/α,β-unsaturated/α-hetero) is 1. The van der Waals surface area contributed by atoms with Crippen molar-refractivity contribution >= 4 is 23.1 Å². The molecule has 1 aliphatic rings. The molecule has 33 heavy (non-hydrogen) atoms. The average molecular weight is 458 g/mol. The highest BCUT2D eigenvalue weighted by molar-refractivity contribution is 5.97. The molecule has 7 nitrogen and oxygen atoms in total. The van der Waals surface area contributed by atoms with Crippen molar-refractivity contribution in [3.63, 3.8) is 0 Å². The van der Waals surface area contributed by atoms with E-state index >= 15 is 0 Å². The highest BCUT2D eigenvalue weighted by Gasteiger charge is 2.51. The summed E-state index contributed by atoms with van der Waals surface area (Å²) in [4.78, 5) is 25.0. The van der Waals surface area contributed by atoms with Crippen LogP contribution in [0.4, 0.5) is 24.5 Å². The minimum atomic E-state index is -4.46. The summed E-state index contributed by atoms with van der Waals surface area (Å²) in [5.74, 6) is -0.402. The summed E-state index contributed by atoms with van der Waals surface area (Å²) in [6, 6.07) is 12.0. The van der Waals surface area contributed by atoms with E-state index in [2.05, 4.69) is 20.8 Å². The van der Waals surface area contributed by atoms with Crippen LogP contribution in [0.25, 0.3) is 0 Å². The van der Waals surface area contributed by atoms with Crippen molar-refractivity contribution in [3.8, 4) is 0 Å². The zero-order chi connectivity index (χ0) is 23.6. The van der Waals surface area contributed by atoms with Gasteiger partial charge in [0.2, 0.25) is 17.6 Å². The number of amides is 1. The first-order valence-electron chi connectivity index (χ1n) is 10.3. The predicted molar refractivity (Wildman–Crippen MR) is 113 cm³/mol. The van der Waals surface area contributed by atoms with Gasteiger partial charge in [-0.2, -0.15) is 13.2 Å². The van der Waals surface area contributed by atoms with Crippen molar-refractivity contribution < 1.29 is 27.2 Å². The summed E-state index contributed by atoms with van der Waals surface area (Å²) in [5, 5.41) is 12.9. The Labute approximate surface area is 187 Å². The van der Waals surface area contributed by atoms with Gasteiger partial charge in [0, 0.05) is 25.6 Å². The van der Waals surface area contributed by atoms with Gasteiger partial charge < -0.3 is 15.1 Å². The Hall–Kier alpha value is -3.69. The Morgan fingerprint density at radius 1 is 1.06 bits per heavy atom. The molecule has 0 bridgehead atoms. The van der Waals surface area contributed by atoms with Gasteiger partial charge in [0.15, 0.2) is 0 Å². The second-order valence-electron chi connectivity index (χ2n) is 8.05. The molecule has 1 amide bonds. The minimum absolute atomic E-state index is 0.00192. The van der Waals surface area contributed by atoms with Gasteiger partial charge in [0.1, 0.15) is 0 Å². The normalized spacial score (nSPS) is 14.5. The van der Waals surface area contributed by atoms with Crippen molar-refractivity contribution in [2.24, 2.45) is 5.41 Å². The fourth-order valence-electron chi connectivity index (χ4n) is 3.50. The van der Waals surface area contributed by atoms with E-state index in [1.165, 1.54) is 18.2 Å². The van der Waals surface area contributed by atoms with Crippen molar-refractivity contribution in [1.82, 2.24) is 15.5 Å². The number of anilines is 2. The lowest BCUT2D eigenvalue weighted by Crippen LogP contribution is -2.33. The number of hydrogen-bond donors (Lipinski definition) is 2. The van der Waals surface area contributed by atoms with Gasteiger partial charge in [-0.25, -0.2) is 0 Å². The highest BCUT2D eigenvalue weighted by Crippen LogP contribution is 2.49. The number of rotatable bonds is 8. The Morgan fingerprint density at radius 3 is 2.36 bits per heavy atom. The average Bonchev–Trinajstić information content (AvgIpc) is 3.43. The smallest absolute Gasteiger partial charge is 0.418 e. The third kappa shape index (κ3) is 5.21. The predicted octanol–water partition coefficient (Wildman–Crippen LogP) is 4.81. The molecule has 0 radical (unpaired) electrons. The van der Waals surface area contributed by atoms with Gasteiger partial charge in [0.25, 0.3) is 5.89 Å². The molecule has 1 saturated carbocycles. The number of carbonyl (C=O) groups is 2. The summed E-state index contributed by atoms with van der Waals surface area (Å²) in [7, 11) is 0. The van der Waals surface area contributed by atoms with Crippen LogP contribution in [0.15, 0.2) is 52.9 Å². The largest absolute Gasteiger partial charge is 0.419 e. The number of nitrogens with zero attached hydrogens (tertiary/aromatic N) is 2. The van der Waals surface area contributed by atoms with E-state index in [9.17, 15) is 22.8 Å². The second-order valence-corrected chi connectivity index (χ2v) is 8.05. The van der Waals surface area contributed by atoms with Crippen LogP contribution in [-0.2, 0) is 17.5 Å². The van der Waals surface area contributed by atoms with Crippen LogP contribution in [0, 0.1) is 12.3 Å². The van der Waals surface area contributed by atoms with Gasteiger partial charge >= 0.3 is 6.18 Å². The van der Waals surface area contributed by atoms with Crippen LogP contribution in [0.1, 0.15) is 47.0 Å². The van der Waals surface area contributed by atoms with Crippen molar-refractivity contribution in [1.29, 1.82) is 0 Å². The summed E-state index contributed by atoms with van der Waals surface area (Å²) >= 11 is 0. The van der Waals surface area contributed by atoms with E-state index in [0.717, 1.165) is 11.6 Å². The molecule has 1 fully saturated rings. The van der Waals surface area contributed by atoms with E-state index < -0.39 is 17.2 Å². The Morgan fingerprint density at radius 2 is 1.76 bits per heavy atom. The zero-order valence-corrected chi connectivity index (χ0v) is 17.7. The first-order valence-corrected chi connectivity index (χ1v) is 10.3. The number of alkyl halides is 3. The fourth-order valence-corrected chi connectivity index (χ4v) is 3.50. The molecule has 0 unspecified atom stereocenters. The summed E-state index contributed by atoms with van der Waals surface area (Å²) < 4.78 is 44.6. The molecular formula is C23H21F3N4O3. The first-order chi connectivity index (χ1) is 15.7. The molecule has 1 aliphatic carbocycles. The van der Waals surface area contributed by atoms with Gasteiger partial charge in [-0.05, 0) is 42.7 Å². The monoisotopic (exact) mass is 458 g/mol. The molecule has 2 aromatic carbocycles. The van der Waals surface area contributed by atoms with Crippen LogP contribution in [0.2, 0.25) is 0 Å². The van der Waals surface area contributed by atoms with Gasteiger partial charge in [-0.3, -0.25) is 9.59 Å². The third-order valence-electron chi connectivity index (χ3n) is 5.52. The molecule has 0 saturated heterocycles. The maximum atomic E-state index is 13.2. The number of halogens is 3. The molecule has 4 rings (SSSR count). The number of hydrogen-bond acceptors (Lipinski definition) is 6. The van der Waals surface area contributed by atoms with E-state index in [1.807, 2.05) is 0 Å². The van der Waals surface area contributed by atoms with E-state index in [4.69, 9.17) is 4.42 Å². The van der Waals surface area contributed by atoms with E-state index in [-0.39, 0.29) is 42.1 Å². The summed E-state index contributed by atoms with van der Waals surface area (Å²) in [6.45, 7) is 1.81. The van der Waals surface area contributed by atoms with Gasteiger partial charge in [-0.15, -0.1) is 10.2 Å². The molecule has 3 aromatic rings. The van der Waals surface area contributed by atoms with Crippen LogP contribution < -0.4 is 10.6 Å².